The minimum atomic E-state index is 0.547. The fourth-order valence-electron chi connectivity index (χ4n) is 5.34. The number of hydrogen-bond donors (Lipinski definition) is 1. The van der Waals surface area contributed by atoms with Crippen molar-refractivity contribution in [1.82, 2.24) is 0 Å². The molecule has 0 bridgehead atoms. The molecule has 1 heteroatoms. The summed E-state index contributed by atoms with van der Waals surface area (Å²) in [5, 5.41) is 8.00. The maximum atomic E-state index is 6.24. The molecule has 0 saturated carbocycles. The Kier molecular flexibility index (Phi) is 3.64. The van der Waals surface area contributed by atoms with E-state index in [1.165, 1.54) is 49.9 Å². The summed E-state index contributed by atoms with van der Waals surface area (Å²) in [7, 11) is 0. The quantitative estimate of drug-likeness (QED) is 0.248. The lowest BCUT2D eigenvalue weighted by atomic mass is 9.77. The summed E-state index contributed by atoms with van der Waals surface area (Å²) in [6, 6.07) is 30.9. The van der Waals surface area contributed by atoms with Gasteiger partial charge < -0.3 is 5.73 Å². The topological polar surface area (TPSA) is 26.0 Å². The summed E-state index contributed by atoms with van der Waals surface area (Å²) in [5.41, 5.74) is 11.6. The number of aryl methyl sites for hydroxylation is 1. The van der Waals surface area contributed by atoms with Crippen LogP contribution in [0, 0.1) is 0 Å². The average molecular weight is 373 g/mol. The summed E-state index contributed by atoms with van der Waals surface area (Å²) in [6.07, 6.45) is 3.42. The molecule has 2 N–H and O–H groups in total. The van der Waals surface area contributed by atoms with Crippen molar-refractivity contribution in [1.29, 1.82) is 0 Å². The number of nitrogen functional groups attached to an aromatic ring is 1. The van der Waals surface area contributed by atoms with E-state index < -0.39 is 0 Å². The van der Waals surface area contributed by atoms with Gasteiger partial charge in [0.15, 0.2) is 0 Å². The molecule has 0 heterocycles. The lowest BCUT2D eigenvalue weighted by molar-refractivity contribution is 0.591. The molecule has 5 aromatic carbocycles. The van der Waals surface area contributed by atoms with Crippen molar-refractivity contribution < 1.29 is 0 Å². The van der Waals surface area contributed by atoms with Gasteiger partial charge in [0.05, 0.1) is 0 Å². The molecular weight excluding hydrogens is 350 g/mol. The fraction of sp³-hybridized carbons (Fsp3) is 0.143. The van der Waals surface area contributed by atoms with Gasteiger partial charge in [-0.2, -0.15) is 0 Å². The molecule has 0 amide bonds. The standard InChI is InChI=1S/C28H23N/c29-28-16-15-23(24-7-3-4-8-27(24)28)19-10-12-22-20(17-19)11-14-25-21-6-2-1-5-18(21)9-13-26(22)25/h1-9,11,13-16,19H,10,12,17,29H2. The van der Waals surface area contributed by atoms with E-state index in [0.29, 0.717) is 5.92 Å². The number of rotatable bonds is 1. The normalized spacial score (nSPS) is 16.3. The van der Waals surface area contributed by atoms with Crippen LogP contribution < -0.4 is 5.73 Å². The zero-order valence-electron chi connectivity index (χ0n) is 16.4. The Labute approximate surface area is 170 Å². The highest BCUT2D eigenvalue weighted by Crippen LogP contribution is 2.40. The van der Waals surface area contributed by atoms with E-state index in [1.54, 1.807) is 5.56 Å². The Morgan fingerprint density at radius 1 is 0.621 bits per heavy atom. The molecule has 0 fully saturated rings. The van der Waals surface area contributed by atoms with E-state index in [1.807, 2.05) is 0 Å². The van der Waals surface area contributed by atoms with Gasteiger partial charge in [-0.1, -0.05) is 78.9 Å². The summed E-state index contributed by atoms with van der Waals surface area (Å²) in [6.45, 7) is 0. The molecular formula is C28H23N. The molecule has 5 aromatic rings. The number of benzene rings is 5. The van der Waals surface area contributed by atoms with Gasteiger partial charge in [-0.25, -0.2) is 0 Å². The van der Waals surface area contributed by atoms with Crippen LogP contribution in [0.25, 0.3) is 32.3 Å². The number of nitrogens with two attached hydrogens (primary N) is 1. The molecule has 140 valence electrons. The monoisotopic (exact) mass is 373 g/mol. The Balaban J connectivity index is 1.47. The third-order valence-corrected chi connectivity index (χ3v) is 6.78. The van der Waals surface area contributed by atoms with Crippen LogP contribution in [0.15, 0.2) is 84.9 Å². The molecule has 1 aliphatic rings. The summed E-state index contributed by atoms with van der Waals surface area (Å²) in [5.74, 6) is 0.547. The van der Waals surface area contributed by atoms with Gasteiger partial charge in [0.25, 0.3) is 0 Å². The van der Waals surface area contributed by atoms with Crippen LogP contribution >= 0.6 is 0 Å². The van der Waals surface area contributed by atoms with Crippen molar-refractivity contribution in [2.75, 3.05) is 5.73 Å². The van der Waals surface area contributed by atoms with E-state index in [2.05, 4.69) is 84.9 Å². The first kappa shape index (κ1) is 16.6. The number of fused-ring (bicyclic) bond motifs is 6. The smallest absolute Gasteiger partial charge is 0.0393 e. The third kappa shape index (κ3) is 2.54. The van der Waals surface area contributed by atoms with Crippen LogP contribution in [0.1, 0.15) is 29.0 Å². The Bertz CT molecular complexity index is 1400. The predicted molar refractivity (Wildman–Crippen MR) is 125 cm³/mol. The molecule has 1 nitrogen and oxygen atoms in total. The highest BCUT2D eigenvalue weighted by molar-refractivity contribution is 6.08. The van der Waals surface area contributed by atoms with Crippen molar-refractivity contribution in [3.8, 4) is 0 Å². The van der Waals surface area contributed by atoms with E-state index in [-0.39, 0.29) is 0 Å². The van der Waals surface area contributed by atoms with Crippen LogP contribution in [0.2, 0.25) is 0 Å². The maximum Gasteiger partial charge on any atom is 0.0393 e. The highest BCUT2D eigenvalue weighted by Gasteiger charge is 2.23. The SMILES string of the molecule is Nc1ccc(C2CCc3c(ccc4c3ccc3ccccc34)C2)c2ccccc12. The lowest BCUT2D eigenvalue weighted by Crippen LogP contribution is -2.13. The fourth-order valence-corrected chi connectivity index (χ4v) is 5.34. The molecule has 0 saturated heterocycles. The van der Waals surface area contributed by atoms with Gasteiger partial charge in [-0.3, -0.25) is 0 Å². The van der Waals surface area contributed by atoms with Crippen molar-refractivity contribution in [2.24, 2.45) is 0 Å². The van der Waals surface area contributed by atoms with Crippen molar-refractivity contribution in [3.63, 3.8) is 0 Å². The minimum absolute atomic E-state index is 0.547. The molecule has 6 rings (SSSR count). The zero-order chi connectivity index (χ0) is 19.4. The van der Waals surface area contributed by atoms with Gasteiger partial charge in [0, 0.05) is 11.1 Å². The zero-order valence-corrected chi connectivity index (χ0v) is 16.4. The van der Waals surface area contributed by atoms with Gasteiger partial charge >= 0.3 is 0 Å². The van der Waals surface area contributed by atoms with Crippen molar-refractivity contribution in [2.45, 2.75) is 25.2 Å². The van der Waals surface area contributed by atoms with Crippen LogP contribution in [-0.2, 0) is 12.8 Å². The van der Waals surface area contributed by atoms with Crippen LogP contribution in [0.4, 0.5) is 5.69 Å². The first-order valence-electron chi connectivity index (χ1n) is 10.5. The minimum Gasteiger partial charge on any atom is -0.398 e. The molecule has 1 atom stereocenters. The Morgan fingerprint density at radius 2 is 1.38 bits per heavy atom. The largest absolute Gasteiger partial charge is 0.398 e. The van der Waals surface area contributed by atoms with E-state index in [0.717, 1.165) is 18.5 Å². The molecule has 29 heavy (non-hydrogen) atoms. The molecule has 0 spiro atoms. The van der Waals surface area contributed by atoms with E-state index >= 15 is 0 Å². The van der Waals surface area contributed by atoms with Gasteiger partial charge in [0.1, 0.15) is 0 Å². The first-order chi connectivity index (χ1) is 14.3. The van der Waals surface area contributed by atoms with E-state index in [4.69, 9.17) is 5.73 Å². The summed E-state index contributed by atoms with van der Waals surface area (Å²) < 4.78 is 0. The second-order valence-electron chi connectivity index (χ2n) is 8.31. The molecule has 1 unspecified atom stereocenters. The molecule has 0 radical (unpaired) electrons. The number of hydrogen-bond acceptors (Lipinski definition) is 1. The molecule has 0 aromatic heterocycles. The van der Waals surface area contributed by atoms with Crippen molar-refractivity contribution in [3.05, 3.63) is 102 Å². The second kappa shape index (κ2) is 6.35. The number of anilines is 1. The average Bonchev–Trinajstić information content (AvgIpc) is 2.79. The van der Waals surface area contributed by atoms with Crippen LogP contribution in [0.3, 0.4) is 0 Å². The van der Waals surface area contributed by atoms with Gasteiger partial charge in [-0.15, -0.1) is 0 Å². The van der Waals surface area contributed by atoms with Crippen LogP contribution in [0.5, 0.6) is 0 Å². The molecule has 0 aliphatic heterocycles. The predicted octanol–water partition coefficient (Wildman–Crippen LogP) is 7.00. The van der Waals surface area contributed by atoms with Gasteiger partial charge in [-0.05, 0) is 74.9 Å². The van der Waals surface area contributed by atoms with Crippen molar-refractivity contribution >= 4 is 38.0 Å². The third-order valence-electron chi connectivity index (χ3n) is 6.78. The van der Waals surface area contributed by atoms with E-state index in [9.17, 15) is 0 Å². The second-order valence-corrected chi connectivity index (χ2v) is 8.31. The Hall–Kier alpha value is -3.32. The lowest BCUT2D eigenvalue weighted by Gasteiger charge is -2.27. The van der Waals surface area contributed by atoms with Crippen LogP contribution in [-0.4, -0.2) is 0 Å². The first-order valence-corrected chi connectivity index (χ1v) is 10.5. The Morgan fingerprint density at radius 3 is 2.28 bits per heavy atom. The summed E-state index contributed by atoms with van der Waals surface area (Å²) in [4.78, 5) is 0. The van der Waals surface area contributed by atoms with Gasteiger partial charge in [0.2, 0.25) is 0 Å². The maximum absolute atomic E-state index is 6.24. The molecule has 1 aliphatic carbocycles. The highest BCUT2D eigenvalue weighted by atomic mass is 14.5. The summed E-state index contributed by atoms with van der Waals surface area (Å²) >= 11 is 0.